The highest BCUT2D eigenvalue weighted by atomic mass is 19.4. The van der Waals surface area contributed by atoms with Crippen LogP contribution in [0.1, 0.15) is 31.7 Å². The molecule has 0 aromatic carbocycles. The van der Waals surface area contributed by atoms with Crippen LogP contribution < -0.4 is 10.6 Å². The van der Waals surface area contributed by atoms with Gasteiger partial charge in [-0.1, -0.05) is 0 Å². The number of pyridine rings is 1. The smallest absolute Gasteiger partial charge is 0.352 e. The molecule has 0 spiro atoms. The molecule has 2 N–H and O–H groups in total. The molecule has 19 heavy (non-hydrogen) atoms. The lowest BCUT2D eigenvalue weighted by Crippen LogP contribution is -2.49. The average molecular weight is 273 g/mol. The summed E-state index contributed by atoms with van der Waals surface area (Å²) in [6.07, 6.45) is -0.369. The zero-order valence-corrected chi connectivity index (χ0v) is 10.8. The van der Waals surface area contributed by atoms with E-state index in [1.807, 2.05) is 11.8 Å². The second-order valence-corrected chi connectivity index (χ2v) is 5.02. The Labute approximate surface area is 110 Å². The van der Waals surface area contributed by atoms with E-state index in [0.717, 1.165) is 38.1 Å². The van der Waals surface area contributed by atoms with Crippen LogP contribution in [0.15, 0.2) is 18.3 Å². The molecule has 0 radical (unpaired) electrons. The van der Waals surface area contributed by atoms with Gasteiger partial charge in [0.25, 0.3) is 0 Å². The molecule has 2 atom stereocenters. The largest absolute Gasteiger partial charge is 0.417 e. The predicted octanol–water partition coefficient (Wildman–Crippen LogP) is 2.81. The Morgan fingerprint density at radius 3 is 2.63 bits per heavy atom. The standard InChI is InChI=1S/C13H18F3N3/c1-9(17)11-4-2-3-7-19(11)12-6-5-10(8-18-12)13(14,15)16/h5-6,8-9,11H,2-4,7,17H2,1H3. The third kappa shape index (κ3) is 3.18. The molecule has 2 unspecified atom stereocenters. The first-order valence-electron chi connectivity index (χ1n) is 6.45. The summed E-state index contributed by atoms with van der Waals surface area (Å²) in [7, 11) is 0. The number of anilines is 1. The minimum Gasteiger partial charge on any atom is -0.352 e. The molecule has 1 aromatic heterocycles. The van der Waals surface area contributed by atoms with E-state index < -0.39 is 11.7 Å². The number of hydrogen-bond donors (Lipinski definition) is 1. The molecule has 2 heterocycles. The summed E-state index contributed by atoms with van der Waals surface area (Å²) < 4.78 is 37.5. The normalized spacial score (nSPS) is 22.4. The molecule has 6 heteroatoms. The molecule has 0 saturated carbocycles. The van der Waals surface area contributed by atoms with Crippen LogP contribution in [0.2, 0.25) is 0 Å². The summed E-state index contributed by atoms with van der Waals surface area (Å²) >= 11 is 0. The zero-order chi connectivity index (χ0) is 14.0. The molecule has 1 aliphatic rings. The minimum atomic E-state index is -4.34. The van der Waals surface area contributed by atoms with Gasteiger partial charge in [0, 0.05) is 24.8 Å². The Balaban J connectivity index is 2.20. The maximum absolute atomic E-state index is 12.5. The molecule has 0 aliphatic carbocycles. The van der Waals surface area contributed by atoms with Gasteiger partial charge in [0.2, 0.25) is 0 Å². The Hall–Kier alpha value is -1.30. The van der Waals surface area contributed by atoms with E-state index in [4.69, 9.17) is 5.73 Å². The predicted molar refractivity (Wildman–Crippen MR) is 67.9 cm³/mol. The summed E-state index contributed by atoms with van der Waals surface area (Å²) in [5.74, 6) is 0.579. The van der Waals surface area contributed by atoms with Crippen LogP contribution in [-0.2, 0) is 6.18 Å². The van der Waals surface area contributed by atoms with Crippen molar-refractivity contribution < 1.29 is 13.2 Å². The second-order valence-electron chi connectivity index (χ2n) is 5.02. The fraction of sp³-hybridized carbons (Fsp3) is 0.615. The first-order valence-corrected chi connectivity index (χ1v) is 6.45. The van der Waals surface area contributed by atoms with Gasteiger partial charge in [0.1, 0.15) is 5.82 Å². The molecule has 0 amide bonds. The number of piperidine rings is 1. The highest BCUT2D eigenvalue weighted by Gasteiger charge is 2.32. The van der Waals surface area contributed by atoms with Gasteiger partial charge < -0.3 is 10.6 Å². The van der Waals surface area contributed by atoms with Crippen molar-refractivity contribution in [2.45, 2.75) is 44.4 Å². The van der Waals surface area contributed by atoms with Crippen LogP contribution in [0.25, 0.3) is 0 Å². The summed E-state index contributed by atoms with van der Waals surface area (Å²) in [4.78, 5) is 5.97. The number of aromatic nitrogens is 1. The van der Waals surface area contributed by atoms with Gasteiger partial charge in [-0.25, -0.2) is 4.98 Å². The number of rotatable bonds is 2. The number of nitrogens with two attached hydrogens (primary N) is 1. The van der Waals surface area contributed by atoms with Crippen LogP contribution >= 0.6 is 0 Å². The monoisotopic (exact) mass is 273 g/mol. The lowest BCUT2D eigenvalue weighted by Gasteiger charge is -2.39. The molecule has 1 saturated heterocycles. The minimum absolute atomic E-state index is 0.0237. The van der Waals surface area contributed by atoms with E-state index >= 15 is 0 Å². The van der Waals surface area contributed by atoms with Crippen molar-refractivity contribution in [2.75, 3.05) is 11.4 Å². The van der Waals surface area contributed by atoms with Crippen LogP contribution in [-0.4, -0.2) is 23.6 Å². The quantitative estimate of drug-likeness (QED) is 0.901. The van der Waals surface area contributed by atoms with Gasteiger partial charge in [0.15, 0.2) is 0 Å². The van der Waals surface area contributed by atoms with Gasteiger partial charge in [-0.3, -0.25) is 0 Å². The SMILES string of the molecule is CC(N)C1CCCCN1c1ccc(C(F)(F)F)cn1. The van der Waals surface area contributed by atoms with Gasteiger partial charge in [-0.15, -0.1) is 0 Å². The van der Waals surface area contributed by atoms with Crippen molar-refractivity contribution in [1.29, 1.82) is 0 Å². The first-order chi connectivity index (χ1) is 8.89. The molecule has 106 valence electrons. The second kappa shape index (κ2) is 5.36. The van der Waals surface area contributed by atoms with Gasteiger partial charge in [-0.05, 0) is 38.3 Å². The van der Waals surface area contributed by atoms with Crippen molar-refractivity contribution in [1.82, 2.24) is 4.98 Å². The molecule has 1 fully saturated rings. The van der Waals surface area contributed by atoms with E-state index in [9.17, 15) is 13.2 Å². The molecule has 0 bridgehead atoms. The summed E-state index contributed by atoms with van der Waals surface area (Å²) in [6.45, 7) is 2.72. The number of alkyl halides is 3. The van der Waals surface area contributed by atoms with E-state index in [2.05, 4.69) is 4.98 Å². The molecular weight excluding hydrogens is 255 g/mol. The highest BCUT2D eigenvalue weighted by Crippen LogP contribution is 2.30. The molecule has 1 aromatic rings. The van der Waals surface area contributed by atoms with Gasteiger partial charge in [-0.2, -0.15) is 13.2 Å². The van der Waals surface area contributed by atoms with Crippen molar-refractivity contribution in [3.05, 3.63) is 23.9 Å². The summed E-state index contributed by atoms with van der Waals surface area (Å²) in [6, 6.07) is 2.64. The number of hydrogen-bond acceptors (Lipinski definition) is 3. The summed E-state index contributed by atoms with van der Waals surface area (Å²) in [5.41, 5.74) is 5.23. The van der Waals surface area contributed by atoms with Crippen molar-refractivity contribution in [2.24, 2.45) is 5.73 Å². The highest BCUT2D eigenvalue weighted by molar-refractivity contribution is 5.42. The average Bonchev–Trinajstić information content (AvgIpc) is 2.38. The van der Waals surface area contributed by atoms with E-state index in [-0.39, 0.29) is 12.1 Å². The lowest BCUT2D eigenvalue weighted by molar-refractivity contribution is -0.137. The Bertz CT molecular complexity index is 414. The topological polar surface area (TPSA) is 42.1 Å². The number of nitrogens with zero attached hydrogens (tertiary/aromatic N) is 2. The third-order valence-electron chi connectivity index (χ3n) is 3.53. The van der Waals surface area contributed by atoms with Gasteiger partial charge >= 0.3 is 6.18 Å². The van der Waals surface area contributed by atoms with Crippen molar-refractivity contribution in [3.63, 3.8) is 0 Å². The lowest BCUT2D eigenvalue weighted by atomic mass is 9.97. The van der Waals surface area contributed by atoms with Crippen LogP contribution in [0.4, 0.5) is 19.0 Å². The molecule has 2 rings (SSSR count). The summed E-state index contributed by atoms with van der Waals surface area (Å²) in [5, 5.41) is 0. The van der Waals surface area contributed by atoms with E-state index in [1.165, 1.54) is 6.07 Å². The number of halogens is 3. The van der Waals surface area contributed by atoms with E-state index in [1.54, 1.807) is 0 Å². The van der Waals surface area contributed by atoms with E-state index in [0.29, 0.717) is 5.82 Å². The third-order valence-corrected chi connectivity index (χ3v) is 3.53. The Kier molecular flexibility index (Phi) is 3.99. The fourth-order valence-electron chi connectivity index (χ4n) is 2.51. The first kappa shape index (κ1) is 14.1. The van der Waals surface area contributed by atoms with Crippen LogP contribution in [0.3, 0.4) is 0 Å². The molecule has 3 nitrogen and oxygen atoms in total. The maximum atomic E-state index is 12.5. The van der Waals surface area contributed by atoms with Crippen LogP contribution in [0.5, 0.6) is 0 Å². The van der Waals surface area contributed by atoms with Gasteiger partial charge in [0.05, 0.1) is 5.56 Å². The maximum Gasteiger partial charge on any atom is 0.417 e. The van der Waals surface area contributed by atoms with Crippen molar-refractivity contribution >= 4 is 5.82 Å². The fourth-order valence-corrected chi connectivity index (χ4v) is 2.51. The molecular formula is C13H18F3N3. The Morgan fingerprint density at radius 2 is 2.11 bits per heavy atom. The van der Waals surface area contributed by atoms with Crippen molar-refractivity contribution in [3.8, 4) is 0 Å². The van der Waals surface area contributed by atoms with Crippen LogP contribution in [0, 0.1) is 0 Å². The molecule has 1 aliphatic heterocycles. The zero-order valence-electron chi connectivity index (χ0n) is 10.8. The Morgan fingerprint density at radius 1 is 1.37 bits per heavy atom.